The third kappa shape index (κ3) is 9.03. The van der Waals surface area contributed by atoms with Gasteiger partial charge in [-0.3, -0.25) is 0 Å². The molecule has 0 unspecified atom stereocenters. The first-order chi connectivity index (χ1) is 32.3. The molecule has 352 valence electrons. The Hall–Kier alpha value is -6.42. The number of nitrogens with zero attached hydrogens (tertiary/aromatic N) is 4. The first-order valence-electron chi connectivity index (χ1n) is 23.9. The third-order valence-electron chi connectivity index (χ3n) is 13.6. The molecule has 7 aromatic carbocycles. The standard InChI is InChI=1S/C63H61N4O.Pt/c1-40-16-15-17-41(2)60(40)44-33-49(66-39-65(55-18-13-14-19-56(55)66)48-27-24-46(25-28-48)62(7,8)9)36-51(34-44)68-50-29-31-53-52-30-26-47(63(10,11)12)35-57(52)67(58(53)37-50)59-32-42(3)54(38-64-59)43-20-22-45(23-21-43)61(4,5)6;/h13-35,38-39H,1-12H3;/q-3;. The van der Waals surface area contributed by atoms with Crippen molar-refractivity contribution >= 4 is 44.6 Å². The number of rotatable bonds is 7. The Bertz CT molecular complexity index is 3360. The van der Waals surface area contributed by atoms with Gasteiger partial charge in [0.15, 0.2) is 0 Å². The van der Waals surface area contributed by atoms with E-state index in [9.17, 15) is 0 Å². The van der Waals surface area contributed by atoms with Crippen LogP contribution in [0.2, 0.25) is 0 Å². The van der Waals surface area contributed by atoms with E-state index < -0.39 is 0 Å². The number of aryl methyl sites for hydroxylation is 3. The number of ether oxygens (including phenoxy) is 1. The van der Waals surface area contributed by atoms with Crippen molar-refractivity contribution in [2.45, 2.75) is 99.3 Å². The molecule has 0 aliphatic carbocycles. The Balaban J connectivity index is 0.00000593. The fraction of sp³-hybridized carbons (Fsp3) is 0.238. The predicted octanol–water partition coefficient (Wildman–Crippen LogP) is 17.1. The first-order valence-corrected chi connectivity index (χ1v) is 23.9. The zero-order valence-electron chi connectivity index (χ0n) is 41.9. The van der Waals surface area contributed by atoms with Crippen LogP contribution < -0.4 is 14.5 Å². The predicted molar refractivity (Wildman–Crippen MR) is 285 cm³/mol. The summed E-state index contributed by atoms with van der Waals surface area (Å²) in [6.07, 6.45) is 2.02. The van der Waals surface area contributed by atoms with Crippen molar-refractivity contribution in [3.8, 4) is 39.6 Å². The van der Waals surface area contributed by atoms with E-state index in [2.05, 4.69) is 250 Å². The zero-order valence-corrected chi connectivity index (χ0v) is 44.2. The summed E-state index contributed by atoms with van der Waals surface area (Å²) in [7, 11) is 0. The number of aromatic nitrogens is 2. The van der Waals surface area contributed by atoms with Gasteiger partial charge in [0.1, 0.15) is 5.82 Å². The number of hydrogen-bond donors (Lipinski definition) is 0. The van der Waals surface area contributed by atoms with Gasteiger partial charge in [0.25, 0.3) is 0 Å². The minimum absolute atomic E-state index is 0. The average Bonchev–Trinajstić information content (AvgIpc) is 3.84. The molecule has 3 heterocycles. The van der Waals surface area contributed by atoms with Gasteiger partial charge >= 0.3 is 0 Å². The Labute approximate surface area is 424 Å². The number of pyridine rings is 1. The number of benzene rings is 7. The molecule has 6 heteroatoms. The maximum Gasteiger partial charge on any atom is 0.135 e. The van der Waals surface area contributed by atoms with Crippen molar-refractivity contribution in [1.82, 2.24) is 9.55 Å². The van der Waals surface area contributed by atoms with Gasteiger partial charge in [0, 0.05) is 66.9 Å². The molecule has 0 bridgehead atoms. The summed E-state index contributed by atoms with van der Waals surface area (Å²) < 4.78 is 9.23. The Morgan fingerprint density at radius 3 is 1.74 bits per heavy atom. The number of para-hydroxylation sites is 2. The molecule has 0 N–H and O–H groups in total. The molecule has 0 saturated carbocycles. The van der Waals surface area contributed by atoms with E-state index in [4.69, 9.17) is 9.72 Å². The molecule has 10 rings (SSSR count). The van der Waals surface area contributed by atoms with Gasteiger partial charge in [0.2, 0.25) is 0 Å². The van der Waals surface area contributed by atoms with Crippen LogP contribution in [0.15, 0.2) is 146 Å². The second kappa shape index (κ2) is 17.8. The van der Waals surface area contributed by atoms with Crippen LogP contribution in [0, 0.1) is 39.6 Å². The molecular weight excluding hydrogens is 1020 g/mol. The van der Waals surface area contributed by atoms with Crippen molar-refractivity contribution in [2.75, 3.05) is 9.80 Å². The molecular formula is C63H61N4OPt-3. The molecule has 0 amide bonds. The van der Waals surface area contributed by atoms with Crippen LogP contribution in [0.1, 0.15) is 95.7 Å². The van der Waals surface area contributed by atoms with Crippen LogP contribution in [0.3, 0.4) is 0 Å². The van der Waals surface area contributed by atoms with Crippen molar-refractivity contribution in [3.05, 3.63) is 198 Å². The monoisotopic (exact) mass is 1080 g/mol. The van der Waals surface area contributed by atoms with E-state index in [0.717, 1.165) is 72.6 Å². The summed E-state index contributed by atoms with van der Waals surface area (Å²) in [6, 6.07) is 57.9. The molecule has 2 aromatic heterocycles. The van der Waals surface area contributed by atoms with Crippen LogP contribution in [-0.2, 0) is 37.3 Å². The SMILES string of the molecule is Cc1cc(-n2c3[c-]c(Oc4[c-]c(N5[CH-]N(c6ccc(C(C)(C)C)cc6)c6ccccc65)cc(-c5c(C)cccc5C)c4)ccc3c3ccc(C(C)(C)C)cc32)ncc1-c1ccc(C(C)(C)C)cc1.[Pt]. The van der Waals surface area contributed by atoms with E-state index in [1.54, 1.807) is 0 Å². The minimum Gasteiger partial charge on any atom is -0.509 e. The summed E-state index contributed by atoms with van der Waals surface area (Å²) in [5, 5.41) is 2.23. The van der Waals surface area contributed by atoms with E-state index >= 15 is 0 Å². The maximum atomic E-state index is 6.97. The van der Waals surface area contributed by atoms with Gasteiger partial charge < -0.3 is 19.1 Å². The van der Waals surface area contributed by atoms with Crippen LogP contribution in [-0.4, -0.2) is 9.55 Å². The topological polar surface area (TPSA) is 33.5 Å². The second-order valence-corrected chi connectivity index (χ2v) is 21.7. The van der Waals surface area contributed by atoms with Crippen LogP contribution in [0.4, 0.5) is 22.7 Å². The summed E-state index contributed by atoms with van der Waals surface area (Å²) in [4.78, 5) is 9.69. The number of fused-ring (bicyclic) bond motifs is 4. The quantitative estimate of drug-likeness (QED) is 0.149. The summed E-state index contributed by atoms with van der Waals surface area (Å²) in [6.45, 7) is 29.0. The number of anilines is 4. The molecule has 0 fully saturated rings. The van der Waals surface area contributed by atoms with Crippen molar-refractivity contribution in [2.24, 2.45) is 0 Å². The smallest absolute Gasteiger partial charge is 0.135 e. The van der Waals surface area contributed by atoms with Gasteiger partial charge in [-0.15, -0.1) is 53.6 Å². The Kier molecular flexibility index (Phi) is 12.3. The third-order valence-corrected chi connectivity index (χ3v) is 13.6. The Morgan fingerprint density at radius 1 is 0.522 bits per heavy atom. The van der Waals surface area contributed by atoms with Gasteiger partial charge in [-0.2, -0.15) is 6.07 Å². The first kappa shape index (κ1) is 47.6. The van der Waals surface area contributed by atoms with Crippen LogP contribution in [0.25, 0.3) is 49.9 Å². The molecule has 0 atom stereocenters. The summed E-state index contributed by atoms with van der Waals surface area (Å²) >= 11 is 0. The van der Waals surface area contributed by atoms with Crippen molar-refractivity contribution in [1.29, 1.82) is 0 Å². The van der Waals surface area contributed by atoms with Crippen molar-refractivity contribution < 1.29 is 25.8 Å². The molecule has 9 aromatic rings. The molecule has 0 radical (unpaired) electrons. The van der Waals surface area contributed by atoms with E-state index in [1.807, 2.05) is 12.3 Å². The van der Waals surface area contributed by atoms with E-state index in [1.165, 1.54) is 33.4 Å². The molecule has 1 aliphatic heterocycles. The summed E-state index contributed by atoms with van der Waals surface area (Å²) in [5.41, 5.74) is 18.1. The molecule has 1 aliphatic rings. The molecule has 0 spiro atoms. The van der Waals surface area contributed by atoms with Crippen molar-refractivity contribution in [3.63, 3.8) is 0 Å². The van der Waals surface area contributed by atoms with Gasteiger partial charge in [0.05, 0.1) is 0 Å². The fourth-order valence-electron chi connectivity index (χ4n) is 9.68. The number of hydrogen-bond acceptors (Lipinski definition) is 4. The van der Waals surface area contributed by atoms with Crippen LogP contribution >= 0.6 is 0 Å². The molecule has 69 heavy (non-hydrogen) atoms. The average molecular weight is 1090 g/mol. The largest absolute Gasteiger partial charge is 0.509 e. The molecule has 0 saturated heterocycles. The fourth-order valence-corrected chi connectivity index (χ4v) is 9.68. The van der Waals surface area contributed by atoms with E-state index in [0.29, 0.717) is 11.5 Å². The second-order valence-electron chi connectivity index (χ2n) is 21.7. The van der Waals surface area contributed by atoms with Crippen LogP contribution in [0.5, 0.6) is 11.5 Å². The normalized spacial score (nSPS) is 13.0. The minimum atomic E-state index is -0.0465. The Morgan fingerprint density at radius 2 is 1.12 bits per heavy atom. The van der Waals surface area contributed by atoms with Gasteiger partial charge in [-0.05, 0) is 123 Å². The molecule has 5 nitrogen and oxygen atoms in total. The van der Waals surface area contributed by atoms with Gasteiger partial charge in [-0.1, -0.05) is 147 Å². The zero-order chi connectivity index (χ0) is 47.9. The summed E-state index contributed by atoms with van der Waals surface area (Å²) in [5.74, 6) is 2.03. The van der Waals surface area contributed by atoms with Gasteiger partial charge in [-0.25, -0.2) is 4.98 Å². The maximum absolute atomic E-state index is 6.97. The van der Waals surface area contributed by atoms with E-state index in [-0.39, 0.29) is 37.3 Å².